The maximum atomic E-state index is 9.60. The fourth-order valence-corrected chi connectivity index (χ4v) is 0.303. The van der Waals surface area contributed by atoms with Crippen LogP contribution in [0.15, 0.2) is 0 Å². The minimum Gasteiger partial charge on any atom is -0.438 e. The first-order valence-electron chi connectivity index (χ1n) is 2.26. The summed E-state index contributed by atoms with van der Waals surface area (Å²) in [5.74, 6) is 0. The Bertz CT molecular complexity index is 58.7. The van der Waals surface area contributed by atoms with Crippen LogP contribution in [0, 0.1) is 6.92 Å². The van der Waals surface area contributed by atoms with Crippen molar-refractivity contribution >= 4 is 6.47 Å². The minimum absolute atomic E-state index is 0.347. The third-order valence-corrected chi connectivity index (χ3v) is 0.706. The Hall–Kier alpha value is -0.570. The molecule has 0 spiro atoms. The summed E-state index contributed by atoms with van der Waals surface area (Å²) in [6.45, 7) is 3.81. The van der Waals surface area contributed by atoms with Gasteiger partial charge in [-0.15, -0.1) is 0 Å². The zero-order valence-corrected chi connectivity index (χ0v) is 4.79. The molecule has 1 radical (unpaired) electrons. The molecule has 0 amide bonds. The molecule has 0 aliphatic heterocycles. The number of ether oxygens (including phenoxy) is 2. The fourth-order valence-electron chi connectivity index (χ4n) is 0.303. The van der Waals surface area contributed by atoms with Crippen molar-refractivity contribution in [2.45, 2.75) is 12.7 Å². The van der Waals surface area contributed by atoms with Crippen molar-refractivity contribution in [1.29, 1.82) is 0 Å². The monoisotopic (exact) mass is 117 g/mol. The van der Waals surface area contributed by atoms with E-state index in [0.717, 1.165) is 0 Å². The van der Waals surface area contributed by atoms with Crippen molar-refractivity contribution < 1.29 is 14.3 Å². The molecule has 47 valence electrons. The molecule has 0 aromatic heterocycles. The molecular formula is C5H9O3. The molecule has 0 saturated heterocycles. The molecule has 3 heteroatoms. The van der Waals surface area contributed by atoms with Crippen molar-refractivity contribution in [1.82, 2.24) is 0 Å². The number of carbonyl (C=O) groups is 1. The van der Waals surface area contributed by atoms with Crippen molar-refractivity contribution in [2.24, 2.45) is 0 Å². The molecule has 0 aliphatic rings. The van der Waals surface area contributed by atoms with Crippen LogP contribution >= 0.6 is 0 Å². The second kappa shape index (κ2) is 4.59. The number of rotatable bonds is 4. The molecule has 3 nitrogen and oxygen atoms in total. The zero-order valence-electron chi connectivity index (χ0n) is 4.79. The Kier molecular flexibility index (Phi) is 4.26. The van der Waals surface area contributed by atoms with Crippen molar-refractivity contribution in [3.05, 3.63) is 6.92 Å². The maximum Gasteiger partial charge on any atom is 0.295 e. The number of carbonyl (C=O) groups excluding carboxylic acids is 1. The molecule has 0 saturated carbocycles. The summed E-state index contributed by atoms with van der Waals surface area (Å²) in [6.07, 6.45) is -0.0394. The third kappa shape index (κ3) is 2.58. The third-order valence-electron chi connectivity index (χ3n) is 0.706. The highest BCUT2D eigenvalue weighted by atomic mass is 16.7. The highest BCUT2D eigenvalue weighted by Gasteiger charge is 1.99. The largest absolute Gasteiger partial charge is 0.438 e. The molecule has 1 atom stereocenters. The van der Waals surface area contributed by atoms with Gasteiger partial charge in [0, 0.05) is 13.5 Å². The molecule has 0 bridgehead atoms. The maximum absolute atomic E-state index is 9.60. The molecule has 0 aromatic rings. The summed E-state index contributed by atoms with van der Waals surface area (Å²) in [6, 6.07) is 0. The fraction of sp³-hybridized carbons (Fsp3) is 0.600. The molecule has 8 heavy (non-hydrogen) atoms. The van der Waals surface area contributed by atoms with Crippen LogP contribution in [-0.4, -0.2) is 19.9 Å². The van der Waals surface area contributed by atoms with Crippen LogP contribution in [0.4, 0.5) is 0 Å². The first kappa shape index (κ1) is 7.43. The van der Waals surface area contributed by atoms with Gasteiger partial charge in [-0.05, 0) is 6.92 Å². The summed E-state index contributed by atoms with van der Waals surface area (Å²) >= 11 is 0. The van der Waals surface area contributed by atoms with Crippen molar-refractivity contribution in [3.63, 3.8) is 0 Å². The van der Waals surface area contributed by atoms with Crippen molar-refractivity contribution in [3.8, 4) is 0 Å². The van der Waals surface area contributed by atoms with Gasteiger partial charge in [0.1, 0.15) is 0 Å². The van der Waals surface area contributed by atoms with Gasteiger partial charge < -0.3 is 9.47 Å². The average molecular weight is 117 g/mol. The molecule has 0 fully saturated rings. The van der Waals surface area contributed by atoms with E-state index in [0.29, 0.717) is 12.9 Å². The Morgan fingerprint density at radius 3 is 2.62 bits per heavy atom. The lowest BCUT2D eigenvalue weighted by Crippen LogP contribution is -2.12. The Morgan fingerprint density at radius 2 is 2.50 bits per heavy atom. The van der Waals surface area contributed by atoms with Crippen LogP contribution in [0.1, 0.15) is 6.42 Å². The van der Waals surface area contributed by atoms with E-state index in [2.05, 4.69) is 16.4 Å². The van der Waals surface area contributed by atoms with Crippen LogP contribution in [0.3, 0.4) is 0 Å². The van der Waals surface area contributed by atoms with E-state index in [9.17, 15) is 4.79 Å². The summed E-state index contributed by atoms with van der Waals surface area (Å²) in [7, 11) is 1.46. The van der Waals surface area contributed by atoms with Gasteiger partial charge in [0.2, 0.25) is 6.29 Å². The van der Waals surface area contributed by atoms with E-state index >= 15 is 0 Å². The summed E-state index contributed by atoms with van der Waals surface area (Å²) < 4.78 is 9.00. The molecule has 1 unspecified atom stereocenters. The molecular weight excluding hydrogens is 108 g/mol. The number of hydrogen-bond acceptors (Lipinski definition) is 3. The van der Waals surface area contributed by atoms with Crippen LogP contribution in [-0.2, 0) is 14.3 Å². The highest BCUT2D eigenvalue weighted by molar-refractivity contribution is 5.37. The topological polar surface area (TPSA) is 35.5 Å². The van der Waals surface area contributed by atoms with E-state index in [4.69, 9.17) is 0 Å². The first-order chi connectivity index (χ1) is 3.85. The summed E-state index contributed by atoms with van der Waals surface area (Å²) in [5.41, 5.74) is 0. The summed E-state index contributed by atoms with van der Waals surface area (Å²) in [5, 5.41) is 0. The predicted octanol–water partition coefficient (Wildman–Crippen LogP) is 0.356. The van der Waals surface area contributed by atoms with Gasteiger partial charge in [0.15, 0.2) is 0 Å². The van der Waals surface area contributed by atoms with Crippen LogP contribution in [0.25, 0.3) is 0 Å². The second-order valence-corrected chi connectivity index (χ2v) is 1.19. The van der Waals surface area contributed by atoms with Gasteiger partial charge in [0.25, 0.3) is 6.47 Å². The van der Waals surface area contributed by atoms with E-state index in [1.807, 2.05) is 0 Å². The lowest BCUT2D eigenvalue weighted by atomic mass is 10.5. The van der Waals surface area contributed by atoms with E-state index < -0.39 is 6.29 Å². The van der Waals surface area contributed by atoms with Crippen LogP contribution < -0.4 is 0 Å². The SMILES string of the molecule is [CH2]CC(OC)OC=O. The van der Waals surface area contributed by atoms with E-state index in [-0.39, 0.29) is 0 Å². The zero-order chi connectivity index (χ0) is 6.41. The average Bonchev–Trinajstić information content (AvgIpc) is 1.83. The van der Waals surface area contributed by atoms with Gasteiger partial charge >= 0.3 is 0 Å². The Labute approximate surface area is 48.6 Å². The highest BCUT2D eigenvalue weighted by Crippen LogP contribution is 1.93. The van der Waals surface area contributed by atoms with Crippen molar-refractivity contribution in [2.75, 3.05) is 7.11 Å². The standard InChI is InChI=1S/C5H9O3/c1-3-5(7-2)8-4-6/h4-5H,1,3H2,2H3. The van der Waals surface area contributed by atoms with Gasteiger partial charge in [-0.1, -0.05) is 0 Å². The van der Waals surface area contributed by atoms with Gasteiger partial charge in [-0.3, -0.25) is 4.79 Å². The Morgan fingerprint density at radius 1 is 1.88 bits per heavy atom. The van der Waals surface area contributed by atoms with Crippen LogP contribution in [0.2, 0.25) is 0 Å². The Balaban J connectivity index is 3.20. The predicted molar refractivity (Wildman–Crippen MR) is 27.9 cm³/mol. The summed E-state index contributed by atoms with van der Waals surface area (Å²) in [4.78, 5) is 9.60. The molecule has 0 rings (SSSR count). The van der Waals surface area contributed by atoms with Crippen LogP contribution in [0.5, 0.6) is 0 Å². The smallest absolute Gasteiger partial charge is 0.295 e. The molecule has 0 heterocycles. The van der Waals surface area contributed by atoms with Gasteiger partial charge in [0.05, 0.1) is 0 Å². The second-order valence-electron chi connectivity index (χ2n) is 1.19. The van der Waals surface area contributed by atoms with Gasteiger partial charge in [-0.2, -0.15) is 0 Å². The first-order valence-corrected chi connectivity index (χ1v) is 2.26. The lowest BCUT2D eigenvalue weighted by Gasteiger charge is -2.08. The minimum atomic E-state index is -0.479. The van der Waals surface area contributed by atoms with E-state index in [1.165, 1.54) is 7.11 Å². The van der Waals surface area contributed by atoms with Gasteiger partial charge in [-0.25, -0.2) is 0 Å². The normalized spacial score (nSPS) is 12.8. The quantitative estimate of drug-likeness (QED) is 0.394. The number of hydrogen-bond donors (Lipinski definition) is 0. The van der Waals surface area contributed by atoms with E-state index in [1.54, 1.807) is 0 Å². The molecule has 0 N–H and O–H groups in total. The molecule has 0 aromatic carbocycles. The lowest BCUT2D eigenvalue weighted by molar-refractivity contribution is -0.156. The number of methoxy groups -OCH3 is 1. The molecule has 0 aliphatic carbocycles.